The van der Waals surface area contributed by atoms with Gasteiger partial charge < -0.3 is 19.3 Å². The smallest absolute Gasteiger partial charge is 0.245 e. The van der Waals surface area contributed by atoms with E-state index in [2.05, 4.69) is 0 Å². The number of carbonyl (C=O) groups excluding carboxylic acids is 2. The summed E-state index contributed by atoms with van der Waals surface area (Å²) in [7, 11) is 2.88. The second-order valence-electron chi connectivity index (χ2n) is 5.76. The van der Waals surface area contributed by atoms with Gasteiger partial charge in [-0.3, -0.25) is 9.59 Å². The van der Waals surface area contributed by atoms with Gasteiger partial charge in [0.25, 0.3) is 0 Å². The largest absolute Gasteiger partial charge is 0.493 e. The van der Waals surface area contributed by atoms with Crippen molar-refractivity contribution in [1.82, 2.24) is 9.80 Å². The van der Waals surface area contributed by atoms with Crippen LogP contribution in [-0.2, 0) is 16.1 Å². The summed E-state index contributed by atoms with van der Waals surface area (Å²) in [5.41, 5.74) is 0.282. The Labute approximate surface area is 141 Å². The zero-order valence-electron chi connectivity index (χ0n) is 14.5. The summed E-state index contributed by atoms with van der Waals surface area (Å²) in [5, 5.41) is 0. The topological polar surface area (TPSA) is 59.1 Å². The lowest BCUT2D eigenvalue weighted by Crippen LogP contribution is -2.58. The molecule has 0 aliphatic carbocycles. The molecule has 1 aromatic rings. The fraction of sp³-hybridized carbons (Fsp3) is 0.529. The molecule has 6 nitrogen and oxygen atoms in total. The zero-order valence-corrected chi connectivity index (χ0v) is 14.5. The summed E-state index contributed by atoms with van der Waals surface area (Å²) in [6.45, 7) is 4.21. The number of rotatable bonds is 6. The van der Waals surface area contributed by atoms with E-state index >= 15 is 0 Å². The molecule has 24 heavy (non-hydrogen) atoms. The summed E-state index contributed by atoms with van der Waals surface area (Å²) in [6, 6.07) is 2.10. The van der Waals surface area contributed by atoms with Crippen molar-refractivity contribution in [1.29, 1.82) is 0 Å². The Morgan fingerprint density at radius 2 is 1.83 bits per heavy atom. The highest BCUT2D eigenvalue weighted by molar-refractivity contribution is 5.94. The van der Waals surface area contributed by atoms with Gasteiger partial charge in [0.1, 0.15) is 11.9 Å². The third-order valence-electron chi connectivity index (χ3n) is 4.17. The van der Waals surface area contributed by atoms with Gasteiger partial charge in [-0.25, -0.2) is 4.39 Å². The standard InChI is InChI=1S/C17H23FN2O4/c1-5-6-19-10-16(21)20(11(2)17(19)22)9-12-7-14(23-3)15(24-4)8-13(12)18/h7-8,11H,5-6,9-10H2,1-4H3/t11-/m1/s1. The SMILES string of the molecule is CCCN1CC(=O)N(Cc2cc(OC)c(OC)cc2F)[C@H](C)C1=O. The van der Waals surface area contributed by atoms with Crippen molar-refractivity contribution in [3.63, 3.8) is 0 Å². The van der Waals surface area contributed by atoms with Crippen LogP contribution in [0.25, 0.3) is 0 Å². The van der Waals surface area contributed by atoms with E-state index in [9.17, 15) is 14.0 Å². The monoisotopic (exact) mass is 338 g/mol. The predicted octanol–water partition coefficient (Wildman–Crippen LogP) is 1.81. The van der Waals surface area contributed by atoms with E-state index in [4.69, 9.17) is 9.47 Å². The number of methoxy groups -OCH3 is 2. The molecule has 1 aliphatic heterocycles. The molecule has 0 aromatic heterocycles. The Balaban J connectivity index is 2.24. The first-order chi connectivity index (χ1) is 11.4. The second kappa shape index (κ2) is 7.51. The van der Waals surface area contributed by atoms with E-state index in [-0.39, 0.29) is 36.2 Å². The molecule has 0 spiro atoms. The molecule has 0 unspecified atom stereocenters. The Morgan fingerprint density at radius 3 is 2.42 bits per heavy atom. The normalized spacial score (nSPS) is 18.1. The molecule has 0 saturated carbocycles. The maximum absolute atomic E-state index is 14.3. The van der Waals surface area contributed by atoms with Gasteiger partial charge in [-0.1, -0.05) is 6.92 Å². The molecule has 2 amide bonds. The van der Waals surface area contributed by atoms with Crippen LogP contribution in [-0.4, -0.2) is 55.0 Å². The summed E-state index contributed by atoms with van der Waals surface area (Å²) >= 11 is 0. The highest BCUT2D eigenvalue weighted by atomic mass is 19.1. The molecule has 1 fully saturated rings. The van der Waals surface area contributed by atoms with Crippen LogP contribution in [0.1, 0.15) is 25.8 Å². The average molecular weight is 338 g/mol. The number of amides is 2. The third-order valence-corrected chi connectivity index (χ3v) is 4.17. The van der Waals surface area contributed by atoms with Crippen molar-refractivity contribution in [2.75, 3.05) is 27.3 Å². The Morgan fingerprint density at radius 1 is 1.21 bits per heavy atom. The van der Waals surface area contributed by atoms with E-state index in [1.807, 2.05) is 6.92 Å². The lowest BCUT2D eigenvalue weighted by Gasteiger charge is -2.38. The molecule has 0 N–H and O–H groups in total. The van der Waals surface area contributed by atoms with Gasteiger partial charge >= 0.3 is 0 Å². The summed E-state index contributed by atoms with van der Waals surface area (Å²) in [4.78, 5) is 27.7. The van der Waals surface area contributed by atoms with Crippen LogP contribution in [0.3, 0.4) is 0 Å². The van der Waals surface area contributed by atoms with Crippen LogP contribution in [0.4, 0.5) is 4.39 Å². The minimum absolute atomic E-state index is 0.0118. The number of hydrogen-bond donors (Lipinski definition) is 0. The maximum atomic E-state index is 14.3. The molecule has 1 aromatic carbocycles. The number of nitrogens with zero attached hydrogens (tertiary/aromatic N) is 2. The molecule has 1 saturated heterocycles. The molecule has 1 atom stereocenters. The van der Waals surface area contributed by atoms with Gasteiger partial charge in [0, 0.05) is 24.7 Å². The van der Waals surface area contributed by atoms with E-state index < -0.39 is 11.9 Å². The van der Waals surface area contributed by atoms with Crippen molar-refractivity contribution < 1.29 is 23.5 Å². The highest BCUT2D eigenvalue weighted by Gasteiger charge is 2.36. The molecule has 1 heterocycles. The van der Waals surface area contributed by atoms with Crippen molar-refractivity contribution in [2.45, 2.75) is 32.9 Å². The number of ether oxygens (including phenoxy) is 2. The van der Waals surface area contributed by atoms with Gasteiger partial charge in [-0.15, -0.1) is 0 Å². The number of piperazine rings is 1. The number of benzene rings is 1. The first-order valence-electron chi connectivity index (χ1n) is 7.91. The summed E-state index contributed by atoms with van der Waals surface area (Å²) in [5.74, 6) is -0.148. The van der Waals surface area contributed by atoms with Crippen LogP contribution in [0.2, 0.25) is 0 Å². The Hall–Kier alpha value is -2.31. The van der Waals surface area contributed by atoms with Gasteiger partial charge in [-0.2, -0.15) is 0 Å². The van der Waals surface area contributed by atoms with Crippen molar-refractivity contribution in [3.8, 4) is 11.5 Å². The maximum Gasteiger partial charge on any atom is 0.245 e. The summed E-state index contributed by atoms with van der Waals surface area (Å²) in [6.07, 6.45) is 0.788. The number of halogens is 1. The second-order valence-corrected chi connectivity index (χ2v) is 5.76. The van der Waals surface area contributed by atoms with Gasteiger partial charge in [0.05, 0.1) is 20.8 Å². The van der Waals surface area contributed by atoms with Gasteiger partial charge in [0.15, 0.2) is 11.5 Å². The van der Waals surface area contributed by atoms with E-state index in [0.717, 1.165) is 6.42 Å². The highest BCUT2D eigenvalue weighted by Crippen LogP contribution is 2.31. The number of carbonyl (C=O) groups is 2. The van der Waals surface area contributed by atoms with Crippen LogP contribution in [0, 0.1) is 5.82 Å². The van der Waals surface area contributed by atoms with Crippen molar-refractivity contribution in [2.24, 2.45) is 0 Å². The lowest BCUT2D eigenvalue weighted by molar-refractivity contribution is -0.155. The van der Waals surface area contributed by atoms with E-state index in [1.165, 1.54) is 31.3 Å². The van der Waals surface area contributed by atoms with E-state index in [1.54, 1.807) is 11.8 Å². The number of hydrogen-bond acceptors (Lipinski definition) is 4. The Kier molecular flexibility index (Phi) is 5.64. The molecule has 2 rings (SSSR count). The van der Waals surface area contributed by atoms with Crippen LogP contribution in [0.5, 0.6) is 11.5 Å². The molecular weight excluding hydrogens is 315 g/mol. The first kappa shape index (κ1) is 18.0. The molecule has 0 radical (unpaired) electrons. The Bertz CT molecular complexity index is 635. The van der Waals surface area contributed by atoms with Gasteiger partial charge in [-0.05, 0) is 19.4 Å². The molecular formula is C17H23FN2O4. The molecule has 1 aliphatic rings. The quantitative estimate of drug-likeness (QED) is 0.794. The van der Waals surface area contributed by atoms with Crippen molar-refractivity contribution >= 4 is 11.8 Å². The zero-order chi connectivity index (χ0) is 17.9. The third kappa shape index (κ3) is 3.44. The van der Waals surface area contributed by atoms with E-state index in [0.29, 0.717) is 12.3 Å². The van der Waals surface area contributed by atoms with Crippen LogP contribution in [0.15, 0.2) is 12.1 Å². The molecule has 132 valence electrons. The minimum atomic E-state index is -0.620. The van der Waals surface area contributed by atoms with Crippen LogP contribution < -0.4 is 9.47 Å². The lowest BCUT2D eigenvalue weighted by atomic mass is 10.1. The fourth-order valence-electron chi connectivity index (χ4n) is 2.83. The van der Waals surface area contributed by atoms with Crippen LogP contribution >= 0.6 is 0 Å². The average Bonchev–Trinajstić information content (AvgIpc) is 2.57. The predicted molar refractivity (Wildman–Crippen MR) is 86.4 cm³/mol. The summed E-state index contributed by atoms with van der Waals surface area (Å²) < 4.78 is 24.5. The fourth-order valence-corrected chi connectivity index (χ4v) is 2.83. The minimum Gasteiger partial charge on any atom is -0.493 e. The van der Waals surface area contributed by atoms with Crippen molar-refractivity contribution in [3.05, 3.63) is 23.5 Å². The molecule has 7 heteroatoms. The van der Waals surface area contributed by atoms with Gasteiger partial charge in [0.2, 0.25) is 11.8 Å². The molecule has 0 bridgehead atoms. The first-order valence-corrected chi connectivity index (χ1v) is 7.91.